The first-order valence-electron chi connectivity index (χ1n) is 7.00. The molecule has 118 valence electrons. The quantitative estimate of drug-likeness (QED) is 0.789. The Morgan fingerprint density at radius 2 is 1.95 bits per heavy atom. The van der Waals surface area contributed by atoms with E-state index in [1.54, 1.807) is 20.2 Å². The van der Waals surface area contributed by atoms with E-state index in [9.17, 15) is 4.79 Å². The van der Waals surface area contributed by atoms with Gasteiger partial charge >= 0.3 is 5.97 Å². The molecule has 1 rings (SSSR count). The van der Waals surface area contributed by atoms with E-state index in [0.717, 1.165) is 30.0 Å². The fourth-order valence-corrected chi connectivity index (χ4v) is 1.52. The molecule has 0 unspecified atom stereocenters. The smallest absolute Gasteiger partial charge is 0.305 e. The molecular weight excluding hydrogens is 268 g/mol. The average molecular weight is 294 g/mol. The summed E-state index contributed by atoms with van der Waals surface area (Å²) in [4.78, 5) is 9.96. The lowest BCUT2D eigenvalue weighted by molar-refractivity contribution is -0.140. The summed E-state index contributed by atoms with van der Waals surface area (Å²) in [6.07, 6.45) is 3.11. The summed E-state index contributed by atoms with van der Waals surface area (Å²) in [5.74, 6) is 0.674. The molecule has 0 atom stereocenters. The minimum absolute atomic E-state index is 0.157. The van der Waals surface area contributed by atoms with Crippen LogP contribution >= 0.6 is 0 Å². The standard InChI is InChI=1S/C12H18N2O.C4H8O2/c1-3-8-14-11(9-13)10-6-4-5-7-12(10)15-2;1-3-4(5)6-2/h4-7,9,14H,3,8,13H2,1-2H3;3H2,1-2H3/b11-9-;. The summed E-state index contributed by atoms with van der Waals surface area (Å²) in [6, 6.07) is 7.82. The number of esters is 1. The number of carbonyl (C=O) groups is 1. The van der Waals surface area contributed by atoms with Crippen LogP contribution in [-0.2, 0) is 9.53 Å². The lowest BCUT2D eigenvalue weighted by atomic mass is 10.1. The molecule has 5 heteroatoms. The van der Waals surface area contributed by atoms with E-state index in [1.807, 2.05) is 24.3 Å². The third kappa shape index (κ3) is 7.25. The van der Waals surface area contributed by atoms with Gasteiger partial charge in [-0.3, -0.25) is 4.79 Å². The molecule has 0 aliphatic heterocycles. The molecule has 0 amide bonds. The molecule has 21 heavy (non-hydrogen) atoms. The van der Waals surface area contributed by atoms with Crippen molar-refractivity contribution in [2.45, 2.75) is 26.7 Å². The third-order valence-electron chi connectivity index (χ3n) is 2.65. The molecule has 0 heterocycles. The first kappa shape index (κ1) is 18.8. The van der Waals surface area contributed by atoms with Gasteiger partial charge in [-0.15, -0.1) is 0 Å². The monoisotopic (exact) mass is 294 g/mol. The zero-order valence-corrected chi connectivity index (χ0v) is 13.3. The van der Waals surface area contributed by atoms with Crippen LogP contribution in [0.25, 0.3) is 5.70 Å². The maximum Gasteiger partial charge on any atom is 0.305 e. The van der Waals surface area contributed by atoms with Gasteiger partial charge in [0, 0.05) is 24.7 Å². The SMILES string of the molecule is CCC(=O)OC.CCCN/C(=C\N)c1ccccc1OC. The predicted molar refractivity (Wildman–Crippen MR) is 85.8 cm³/mol. The van der Waals surface area contributed by atoms with E-state index in [4.69, 9.17) is 10.5 Å². The Bertz CT molecular complexity index is 439. The van der Waals surface area contributed by atoms with Gasteiger partial charge in [-0.1, -0.05) is 26.0 Å². The van der Waals surface area contributed by atoms with Crippen LogP contribution in [0.2, 0.25) is 0 Å². The molecule has 5 nitrogen and oxygen atoms in total. The minimum Gasteiger partial charge on any atom is -0.496 e. The highest BCUT2D eigenvalue weighted by Gasteiger charge is 2.05. The first-order chi connectivity index (χ1) is 10.1. The molecule has 0 radical (unpaired) electrons. The van der Waals surface area contributed by atoms with Crippen molar-refractivity contribution >= 4 is 11.7 Å². The number of hydrogen-bond donors (Lipinski definition) is 2. The predicted octanol–water partition coefficient (Wildman–Crippen LogP) is 2.52. The Hall–Kier alpha value is -2.17. The number of methoxy groups -OCH3 is 2. The second-order valence-electron chi connectivity index (χ2n) is 4.14. The van der Waals surface area contributed by atoms with Gasteiger partial charge in [0.15, 0.2) is 0 Å². The molecule has 0 saturated heterocycles. The zero-order chi connectivity index (χ0) is 16.1. The van der Waals surface area contributed by atoms with E-state index in [2.05, 4.69) is 17.0 Å². The van der Waals surface area contributed by atoms with E-state index < -0.39 is 0 Å². The van der Waals surface area contributed by atoms with Crippen molar-refractivity contribution in [1.82, 2.24) is 5.32 Å². The maximum atomic E-state index is 9.96. The Morgan fingerprint density at radius 3 is 2.38 bits per heavy atom. The van der Waals surface area contributed by atoms with Crippen molar-refractivity contribution in [3.8, 4) is 5.75 Å². The number of benzene rings is 1. The number of ether oxygens (including phenoxy) is 2. The van der Waals surface area contributed by atoms with Gasteiger partial charge in [0.05, 0.1) is 19.9 Å². The molecule has 0 fully saturated rings. The maximum absolute atomic E-state index is 9.96. The second kappa shape index (κ2) is 11.6. The van der Waals surface area contributed by atoms with E-state index in [-0.39, 0.29) is 5.97 Å². The Morgan fingerprint density at radius 1 is 1.29 bits per heavy atom. The van der Waals surface area contributed by atoms with Crippen molar-refractivity contribution in [2.75, 3.05) is 20.8 Å². The van der Waals surface area contributed by atoms with Crippen LogP contribution in [0.5, 0.6) is 5.75 Å². The minimum atomic E-state index is -0.157. The van der Waals surface area contributed by atoms with Crippen LogP contribution in [-0.4, -0.2) is 26.7 Å². The molecule has 0 aromatic heterocycles. The highest BCUT2D eigenvalue weighted by Crippen LogP contribution is 2.23. The molecular formula is C16H26N2O3. The summed E-state index contributed by atoms with van der Waals surface area (Å²) in [7, 11) is 3.04. The van der Waals surface area contributed by atoms with E-state index in [1.165, 1.54) is 7.11 Å². The third-order valence-corrected chi connectivity index (χ3v) is 2.65. The van der Waals surface area contributed by atoms with Crippen LogP contribution in [0.3, 0.4) is 0 Å². The highest BCUT2D eigenvalue weighted by atomic mass is 16.5. The second-order valence-corrected chi connectivity index (χ2v) is 4.14. The lowest BCUT2D eigenvalue weighted by Crippen LogP contribution is -2.14. The summed E-state index contributed by atoms with van der Waals surface area (Å²) in [5.41, 5.74) is 7.50. The van der Waals surface area contributed by atoms with Crippen molar-refractivity contribution in [1.29, 1.82) is 0 Å². The van der Waals surface area contributed by atoms with Crippen molar-refractivity contribution in [3.05, 3.63) is 36.0 Å². The Balaban J connectivity index is 0.000000567. The summed E-state index contributed by atoms with van der Waals surface area (Å²) in [5, 5.41) is 3.27. The van der Waals surface area contributed by atoms with Gasteiger partial charge in [0.2, 0.25) is 0 Å². The number of hydrogen-bond acceptors (Lipinski definition) is 5. The molecule has 0 aliphatic rings. The number of rotatable bonds is 6. The Labute approximate surface area is 127 Å². The van der Waals surface area contributed by atoms with Gasteiger partial charge in [0.25, 0.3) is 0 Å². The van der Waals surface area contributed by atoms with Crippen LogP contribution in [0, 0.1) is 0 Å². The molecule has 3 N–H and O–H groups in total. The molecule has 1 aromatic rings. The first-order valence-corrected chi connectivity index (χ1v) is 7.00. The normalized spacial score (nSPS) is 10.2. The number of nitrogens with two attached hydrogens (primary N) is 1. The van der Waals surface area contributed by atoms with Crippen LogP contribution in [0.4, 0.5) is 0 Å². The topological polar surface area (TPSA) is 73.6 Å². The summed E-state index contributed by atoms with van der Waals surface area (Å²) in [6.45, 7) is 4.77. The van der Waals surface area contributed by atoms with E-state index in [0.29, 0.717) is 6.42 Å². The molecule has 0 spiro atoms. The van der Waals surface area contributed by atoms with E-state index >= 15 is 0 Å². The van der Waals surface area contributed by atoms with Crippen LogP contribution < -0.4 is 15.8 Å². The van der Waals surface area contributed by atoms with Gasteiger partial charge in [-0.05, 0) is 18.6 Å². The summed E-state index contributed by atoms with van der Waals surface area (Å²) < 4.78 is 9.53. The number of para-hydroxylation sites is 1. The van der Waals surface area contributed by atoms with Gasteiger partial charge in [0.1, 0.15) is 5.75 Å². The fourth-order valence-electron chi connectivity index (χ4n) is 1.52. The highest BCUT2D eigenvalue weighted by molar-refractivity contribution is 5.69. The Kier molecular flexibility index (Phi) is 10.4. The van der Waals surface area contributed by atoms with Crippen LogP contribution in [0.1, 0.15) is 32.3 Å². The largest absolute Gasteiger partial charge is 0.496 e. The van der Waals surface area contributed by atoms with Gasteiger partial charge < -0.3 is 20.5 Å². The molecule has 1 aromatic carbocycles. The lowest BCUT2D eigenvalue weighted by Gasteiger charge is -2.13. The van der Waals surface area contributed by atoms with Gasteiger partial charge in [-0.2, -0.15) is 0 Å². The molecule has 0 saturated carbocycles. The number of carbonyl (C=O) groups excluding carboxylic acids is 1. The van der Waals surface area contributed by atoms with Crippen molar-refractivity contribution in [2.24, 2.45) is 5.73 Å². The zero-order valence-electron chi connectivity index (χ0n) is 13.3. The van der Waals surface area contributed by atoms with Crippen molar-refractivity contribution in [3.63, 3.8) is 0 Å². The van der Waals surface area contributed by atoms with Crippen molar-refractivity contribution < 1.29 is 14.3 Å². The average Bonchev–Trinajstić information content (AvgIpc) is 2.55. The summed E-state index contributed by atoms with van der Waals surface area (Å²) >= 11 is 0. The van der Waals surface area contributed by atoms with Crippen LogP contribution in [0.15, 0.2) is 30.5 Å². The molecule has 0 bridgehead atoms. The molecule has 0 aliphatic carbocycles. The number of nitrogens with one attached hydrogen (secondary N) is 1. The fraction of sp³-hybridized carbons (Fsp3) is 0.438. The van der Waals surface area contributed by atoms with Gasteiger partial charge in [-0.25, -0.2) is 0 Å².